The smallest absolute Gasteiger partial charge is 0.241 e. The molecule has 3 rings (SSSR count). The van der Waals surface area contributed by atoms with Crippen LogP contribution in [0.4, 0.5) is 0 Å². The van der Waals surface area contributed by atoms with Gasteiger partial charge in [-0.15, -0.1) is 0 Å². The predicted molar refractivity (Wildman–Crippen MR) is 43.7 cm³/mol. The molecule has 1 amide bonds. The molecule has 3 unspecified atom stereocenters. The third kappa shape index (κ3) is 0.820. The quantitative estimate of drug-likeness (QED) is 0.433. The maximum Gasteiger partial charge on any atom is 0.241 e. The van der Waals surface area contributed by atoms with Crippen molar-refractivity contribution in [2.45, 2.75) is 24.5 Å². The lowest BCUT2D eigenvalue weighted by molar-refractivity contribution is -0.135. The summed E-state index contributed by atoms with van der Waals surface area (Å²) in [6, 6.07) is 1.14. The molecular weight excluding hydrogens is 154 g/mol. The Hall–Kier alpha value is -0.610. The molecule has 0 bridgehead atoms. The Kier molecular flexibility index (Phi) is 1.26. The Morgan fingerprint density at radius 1 is 1.50 bits per heavy atom. The van der Waals surface area contributed by atoms with Crippen molar-refractivity contribution in [3.63, 3.8) is 0 Å². The molecule has 3 atom stereocenters. The third-order valence-electron chi connectivity index (χ3n) is 3.11. The van der Waals surface area contributed by atoms with E-state index < -0.39 is 0 Å². The van der Waals surface area contributed by atoms with Crippen molar-refractivity contribution in [2.75, 3.05) is 19.6 Å². The molecule has 3 aliphatic rings. The number of rotatable bonds is 0. The second-order valence-corrected chi connectivity index (χ2v) is 3.88. The number of amides is 1. The molecule has 4 heteroatoms. The average Bonchev–Trinajstić information content (AvgIpc) is 2.84. The highest BCUT2D eigenvalue weighted by molar-refractivity contribution is 5.87. The first-order valence-corrected chi connectivity index (χ1v) is 4.63. The molecule has 4 nitrogen and oxygen atoms in total. The van der Waals surface area contributed by atoms with Gasteiger partial charge in [0, 0.05) is 31.7 Å². The number of hydrogen-bond acceptors (Lipinski definition) is 3. The molecule has 3 heterocycles. The highest BCUT2D eigenvalue weighted by atomic mass is 16.2. The lowest BCUT2D eigenvalue weighted by Gasteiger charge is -2.38. The average molecular weight is 167 g/mol. The second-order valence-electron chi connectivity index (χ2n) is 3.88. The van der Waals surface area contributed by atoms with Crippen LogP contribution in [0.1, 0.15) is 6.42 Å². The summed E-state index contributed by atoms with van der Waals surface area (Å²) >= 11 is 0. The topological polar surface area (TPSA) is 54.3 Å². The standard InChI is InChI=1S/C8H13N3O/c12-8-7-6(10-7)3-5-4-9-1-2-11(5)8/h5-7,9-10H,1-4H2. The SMILES string of the molecule is O=C1C2NC2CC2CNCCN12. The van der Waals surface area contributed by atoms with Crippen LogP contribution >= 0.6 is 0 Å². The molecule has 0 spiro atoms. The number of nitrogens with one attached hydrogen (secondary N) is 2. The molecule has 66 valence electrons. The van der Waals surface area contributed by atoms with Crippen LogP contribution in [0.15, 0.2) is 0 Å². The molecule has 3 saturated heterocycles. The summed E-state index contributed by atoms with van der Waals surface area (Å²) in [5.41, 5.74) is 0. The predicted octanol–water partition coefficient (Wildman–Crippen LogP) is -1.47. The minimum Gasteiger partial charge on any atom is -0.336 e. The Morgan fingerprint density at radius 3 is 3.33 bits per heavy atom. The first kappa shape index (κ1) is 6.86. The summed E-state index contributed by atoms with van der Waals surface area (Å²) in [4.78, 5) is 13.7. The highest BCUT2D eigenvalue weighted by Crippen LogP contribution is 2.28. The van der Waals surface area contributed by atoms with Gasteiger partial charge in [0.25, 0.3) is 0 Å². The zero-order valence-electron chi connectivity index (χ0n) is 6.92. The fraction of sp³-hybridized carbons (Fsp3) is 0.875. The first-order valence-electron chi connectivity index (χ1n) is 4.63. The Morgan fingerprint density at radius 2 is 2.42 bits per heavy atom. The number of fused-ring (bicyclic) bond motifs is 2. The number of hydrogen-bond donors (Lipinski definition) is 2. The fourth-order valence-corrected chi connectivity index (χ4v) is 2.36. The van der Waals surface area contributed by atoms with Crippen molar-refractivity contribution in [3.05, 3.63) is 0 Å². The van der Waals surface area contributed by atoms with Gasteiger partial charge in [-0.05, 0) is 6.42 Å². The Balaban J connectivity index is 1.83. The van der Waals surface area contributed by atoms with Crippen molar-refractivity contribution < 1.29 is 4.79 Å². The van der Waals surface area contributed by atoms with Gasteiger partial charge in [-0.25, -0.2) is 0 Å². The van der Waals surface area contributed by atoms with Gasteiger partial charge in [0.05, 0.1) is 0 Å². The molecule has 0 aromatic carbocycles. The third-order valence-corrected chi connectivity index (χ3v) is 3.11. The summed E-state index contributed by atoms with van der Waals surface area (Å²) < 4.78 is 0. The molecule has 0 aromatic rings. The van der Waals surface area contributed by atoms with Crippen molar-refractivity contribution in [2.24, 2.45) is 0 Å². The fourth-order valence-electron chi connectivity index (χ4n) is 2.36. The largest absolute Gasteiger partial charge is 0.336 e. The van der Waals surface area contributed by atoms with E-state index in [1.165, 1.54) is 0 Å². The summed E-state index contributed by atoms with van der Waals surface area (Å²) in [6.45, 7) is 2.84. The van der Waals surface area contributed by atoms with E-state index in [0.29, 0.717) is 18.0 Å². The molecule has 12 heavy (non-hydrogen) atoms. The van der Waals surface area contributed by atoms with E-state index in [1.807, 2.05) is 4.90 Å². The lowest BCUT2D eigenvalue weighted by Crippen LogP contribution is -2.57. The zero-order valence-corrected chi connectivity index (χ0v) is 6.92. The molecule has 3 fully saturated rings. The van der Waals surface area contributed by atoms with E-state index in [4.69, 9.17) is 0 Å². The van der Waals surface area contributed by atoms with Gasteiger partial charge in [0.1, 0.15) is 6.04 Å². The molecule has 0 saturated carbocycles. The van der Waals surface area contributed by atoms with E-state index in [1.54, 1.807) is 0 Å². The van der Waals surface area contributed by atoms with Gasteiger partial charge in [-0.3, -0.25) is 10.1 Å². The zero-order chi connectivity index (χ0) is 8.13. The maximum atomic E-state index is 11.6. The lowest BCUT2D eigenvalue weighted by atomic mass is 10.00. The van der Waals surface area contributed by atoms with Crippen LogP contribution in [-0.2, 0) is 4.79 Å². The molecule has 0 aliphatic carbocycles. The minimum atomic E-state index is 0.180. The van der Waals surface area contributed by atoms with Crippen LogP contribution in [0.5, 0.6) is 0 Å². The summed E-state index contributed by atoms with van der Waals surface area (Å²) in [6.07, 6.45) is 1.14. The van der Waals surface area contributed by atoms with E-state index >= 15 is 0 Å². The number of carbonyl (C=O) groups is 1. The Labute approximate surface area is 71.3 Å². The molecular formula is C8H13N3O. The van der Waals surface area contributed by atoms with Gasteiger partial charge in [-0.2, -0.15) is 0 Å². The van der Waals surface area contributed by atoms with Crippen LogP contribution in [0.25, 0.3) is 0 Å². The van der Waals surface area contributed by atoms with Gasteiger partial charge < -0.3 is 10.2 Å². The highest BCUT2D eigenvalue weighted by Gasteiger charge is 2.51. The van der Waals surface area contributed by atoms with E-state index in [0.717, 1.165) is 26.1 Å². The summed E-state index contributed by atoms with van der Waals surface area (Å²) in [7, 11) is 0. The van der Waals surface area contributed by atoms with Gasteiger partial charge in [-0.1, -0.05) is 0 Å². The van der Waals surface area contributed by atoms with E-state index in [9.17, 15) is 4.79 Å². The van der Waals surface area contributed by atoms with Gasteiger partial charge in [0.15, 0.2) is 0 Å². The van der Waals surface area contributed by atoms with Crippen molar-refractivity contribution in [3.8, 4) is 0 Å². The minimum absolute atomic E-state index is 0.180. The monoisotopic (exact) mass is 167 g/mol. The molecule has 0 radical (unpaired) electrons. The van der Waals surface area contributed by atoms with Gasteiger partial charge in [0.2, 0.25) is 5.91 Å². The van der Waals surface area contributed by atoms with Crippen molar-refractivity contribution in [1.29, 1.82) is 0 Å². The molecule has 0 aromatic heterocycles. The summed E-state index contributed by atoms with van der Waals surface area (Å²) in [5, 5.41) is 6.54. The van der Waals surface area contributed by atoms with Crippen LogP contribution in [0.2, 0.25) is 0 Å². The number of piperazine rings is 1. The van der Waals surface area contributed by atoms with Crippen molar-refractivity contribution >= 4 is 5.91 Å². The second kappa shape index (κ2) is 2.20. The molecule has 2 N–H and O–H groups in total. The Bertz CT molecular complexity index is 230. The van der Waals surface area contributed by atoms with Crippen LogP contribution in [0, 0.1) is 0 Å². The van der Waals surface area contributed by atoms with E-state index in [2.05, 4.69) is 10.6 Å². The van der Waals surface area contributed by atoms with Crippen LogP contribution < -0.4 is 10.6 Å². The molecule has 3 aliphatic heterocycles. The van der Waals surface area contributed by atoms with E-state index in [-0.39, 0.29) is 6.04 Å². The van der Waals surface area contributed by atoms with Crippen LogP contribution in [-0.4, -0.2) is 48.6 Å². The maximum absolute atomic E-state index is 11.6. The van der Waals surface area contributed by atoms with Crippen LogP contribution in [0.3, 0.4) is 0 Å². The number of piperidine rings is 1. The summed E-state index contributed by atoms with van der Waals surface area (Å²) in [5.74, 6) is 0.331. The van der Waals surface area contributed by atoms with Crippen molar-refractivity contribution in [1.82, 2.24) is 15.5 Å². The first-order chi connectivity index (χ1) is 5.86. The number of nitrogens with zero attached hydrogens (tertiary/aromatic N) is 1. The number of carbonyl (C=O) groups excluding carboxylic acids is 1. The van der Waals surface area contributed by atoms with Gasteiger partial charge >= 0.3 is 0 Å². The normalized spacial score (nSPS) is 45.2.